The summed E-state index contributed by atoms with van der Waals surface area (Å²) in [6.07, 6.45) is 0. The summed E-state index contributed by atoms with van der Waals surface area (Å²) < 4.78 is 1.43. The van der Waals surface area contributed by atoms with Gasteiger partial charge in [-0.05, 0) is 57.3 Å². The van der Waals surface area contributed by atoms with Gasteiger partial charge in [0, 0.05) is 0 Å². The van der Waals surface area contributed by atoms with E-state index in [9.17, 15) is 5.11 Å². The van der Waals surface area contributed by atoms with Crippen molar-refractivity contribution < 1.29 is 9.90 Å². The van der Waals surface area contributed by atoms with Gasteiger partial charge in [0.15, 0.2) is 0 Å². The minimum Gasteiger partial charge on any atom is -0.506 e. The van der Waals surface area contributed by atoms with Crippen molar-refractivity contribution >= 4 is 51.2 Å². The van der Waals surface area contributed by atoms with E-state index >= 15 is 0 Å². The molecule has 0 fully saturated rings. The highest BCUT2D eigenvalue weighted by Gasteiger charge is 2.04. The van der Waals surface area contributed by atoms with Crippen LogP contribution in [0.15, 0.2) is 12.1 Å². The number of carbonyl (C=O) groups excluding carboxylic acids is 1. The van der Waals surface area contributed by atoms with Crippen LogP contribution in [0.5, 0.6) is 5.75 Å². The standard InChI is InChI=1S/C7H3I2NO.CH4N2O/c8-5-1-4(3-10)2-6(9)7(5)11;2-1(3)4/h1-2,11H;(H4,2,3,4). The van der Waals surface area contributed by atoms with Crippen LogP contribution in [-0.4, -0.2) is 11.1 Å². The molecular formula is C8H7I2N3O2. The molecule has 0 bridgehead atoms. The Bertz CT molecular complexity index is 388. The minimum atomic E-state index is -0.833. The maximum Gasteiger partial charge on any atom is 0.309 e. The zero-order valence-electron chi connectivity index (χ0n) is 7.37. The van der Waals surface area contributed by atoms with Crippen molar-refractivity contribution in [1.82, 2.24) is 0 Å². The van der Waals surface area contributed by atoms with Crippen molar-refractivity contribution in [2.24, 2.45) is 11.5 Å². The molecule has 0 spiro atoms. The van der Waals surface area contributed by atoms with Crippen LogP contribution in [0.4, 0.5) is 4.79 Å². The lowest BCUT2D eigenvalue weighted by Gasteiger charge is -1.99. The number of carbonyl (C=O) groups is 1. The van der Waals surface area contributed by atoms with E-state index in [0.717, 1.165) is 0 Å². The smallest absolute Gasteiger partial charge is 0.309 e. The van der Waals surface area contributed by atoms with Gasteiger partial charge in [0.2, 0.25) is 0 Å². The van der Waals surface area contributed by atoms with Gasteiger partial charge >= 0.3 is 6.03 Å². The van der Waals surface area contributed by atoms with Crippen molar-refractivity contribution in [1.29, 1.82) is 5.26 Å². The fraction of sp³-hybridized carbons (Fsp3) is 0. The lowest BCUT2D eigenvalue weighted by Crippen LogP contribution is -2.18. The van der Waals surface area contributed by atoms with Crippen LogP contribution in [0, 0.1) is 18.5 Å². The quantitative estimate of drug-likeness (QED) is 0.542. The molecule has 0 unspecified atom stereocenters. The molecule has 0 atom stereocenters. The highest BCUT2D eigenvalue weighted by Crippen LogP contribution is 2.26. The summed E-state index contributed by atoms with van der Waals surface area (Å²) in [6, 6.07) is 4.48. The monoisotopic (exact) mass is 431 g/mol. The number of benzene rings is 1. The van der Waals surface area contributed by atoms with E-state index in [1.165, 1.54) is 0 Å². The Morgan fingerprint density at radius 3 is 1.93 bits per heavy atom. The van der Waals surface area contributed by atoms with Crippen molar-refractivity contribution in [2.45, 2.75) is 0 Å². The Labute approximate surface area is 114 Å². The first-order chi connectivity index (χ1) is 6.88. The largest absolute Gasteiger partial charge is 0.506 e. The summed E-state index contributed by atoms with van der Waals surface area (Å²) in [6.45, 7) is 0. The van der Waals surface area contributed by atoms with Crippen LogP contribution in [-0.2, 0) is 0 Å². The number of halogens is 2. The molecule has 0 aliphatic carbocycles. The van der Waals surface area contributed by atoms with E-state index < -0.39 is 6.03 Å². The molecule has 7 heteroatoms. The lowest BCUT2D eigenvalue weighted by atomic mass is 10.2. The summed E-state index contributed by atoms with van der Waals surface area (Å²) in [5.41, 5.74) is 9.08. The third-order valence-electron chi connectivity index (χ3n) is 1.15. The van der Waals surface area contributed by atoms with Gasteiger partial charge in [-0.25, -0.2) is 4.79 Å². The average molecular weight is 431 g/mol. The molecule has 0 aliphatic heterocycles. The van der Waals surface area contributed by atoms with Crippen LogP contribution in [0.25, 0.3) is 0 Å². The van der Waals surface area contributed by atoms with Crippen LogP contribution < -0.4 is 11.5 Å². The van der Waals surface area contributed by atoms with Gasteiger partial charge in [-0.3, -0.25) is 0 Å². The molecule has 1 aromatic rings. The number of primary amides is 2. The molecular weight excluding hydrogens is 424 g/mol. The van der Waals surface area contributed by atoms with E-state index in [1.54, 1.807) is 12.1 Å². The van der Waals surface area contributed by atoms with E-state index in [1.807, 2.05) is 51.3 Å². The summed E-state index contributed by atoms with van der Waals surface area (Å²) in [7, 11) is 0. The van der Waals surface area contributed by atoms with Gasteiger partial charge in [0.1, 0.15) is 5.75 Å². The Kier molecular flexibility index (Phi) is 6.34. The maximum absolute atomic E-state index is 9.30. The Morgan fingerprint density at radius 2 is 1.67 bits per heavy atom. The predicted octanol–water partition coefficient (Wildman–Crippen LogP) is 1.50. The Morgan fingerprint density at radius 1 is 1.33 bits per heavy atom. The number of amides is 2. The third kappa shape index (κ3) is 5.63. The Balaban J connectivity index is 0.000000423. The number of phenolic OH excluding ortho intramolecular Hbond substituents is 1. The van der Waals surface area contributed by atoms with Crippen LogP contribution >= 0.6 is 45.2 Å². The van der Waals surface area contributed by atoms with E-state index in [2.05, 4.69) is 11.5 Å². The average Bonchev–Trinajstić information content (AvgIpc) is 2.12. The first kappa shape index (κ1) is 14.2. The minimum absolute atomic E-state index is 0.255. The lowest BCUT2D eigenvalue weighted by molar-refractivity contribution is 0.256. The topological polar surface area (TPSA) is 113 Å². The molecule has 0 saturated heterocycles. The molecule has 5 N–H and O–H groups in total. The SMILES string of the molecule is N#Cc1cc(I)c(O)c(I)c1.NC(N)=O. The van der Waals surface area contributed by atoms with Crippen molar-refractivity contribution in [2.75, 3.05) is 0 Å². The van der Waals surface area contributed by atoms with Crippen molar-refractivity contribution in [3.8, 4) is 11.8 Å². The van der Waals surface area contributed by atoms with Crippen LogP contribution in [0.3, 0.4) is 0 Å². The number of nitrogens with two attached hydrogens (primary N) is 2. The number of rotatable bonds is 0. The molecule has 1 rings (SSSR count). The van der Waals surface area contributed by atoms with Gasteiger partial charge in [0.25, 0.3) is 0 Å². The normalized spacial score (nSPS) is 8.33. The fourth-order valence-corrected chi connectivity index (χ4v) is 2.40. The van der Waals surface area contributed by atoms with Crippen molar-refractivity contribution in [3.05, 3.63) is 24.8 Å². The number of aromatic hydroxyl groups is 1. The van der Waals surface area contributed by atoms with E-state index in [0.29, 0.717) is 12.7 Å². The van der Waals surface area contributed by atoms with Gasteiger partial charge in [-0.15, -0.1) is 0 Å². The van der Waals surface area contributed by atoms with E-state index in [-0.39, 0.29) is 5.75 Å². The summed E-state index contributed by atoms with van der Waals surface area (Å²) in [5.74, 6) is 0.255. The van der Waals surface area contributed by atoms with Gasteiger partial charge in [-0.1, -0.05) is 0 Å². The molecule has 1 aromatic carbocycles. The fourth-order valence-electron chi connectivity index (χ4n) is 0.630. The maximum atomic E-state index is 9.30. The zero-order chi connectivity index (χ0) is 12.0. The second-order valence-corrected chi connectivity index (χ2v) is 4.63. The number of phenols is 1. The second-order valence-electron chi connectivity index (χ2n) is 2.30. The molecule has 5 nitrogen and oxygen atoms in total. The molecule has 0 aromatic heterocycles. The first-order valence-electron chi connectivity index (χ1n) is 3.51. The molecule has 2 amide bonds. The molecule has 0 heterocycles. The first-order valence-corrected chi connectivity index (χ1v) is 5.67. The highest BCUT2D eigenvalue weighted by molar-refractivity contribution is 14.1. The van der Waals surface area contributed by atoms with Crippen molar-refractivity contribution in [3.63, 3.8) is 0 Å². The van der Waals surface area contributed by atoms with E-state index in [4.69, 9.17) is 10.1 Å². The van der Waals surface area contributed by atoms with Gasteiger partial charge in [0.05, 0.1) is 18.8 Å². The summed E-state index contributed by atoms with van der Waals surface area (Å²) in [4.78, 5) is 9.00. The predicted molar refractivity (Wildman–Crippen MR) is 72.0 cm³/mol. The third-order valence-corrected chi connectivity index (χ3v) is 2.79. The number of hydrogen-bond acceptors (Lipinski definition) is 3. The second kappa shape index (κ2) is 6.67. The number of urea groups is 1. The molecule has 0 radical (unpaired) electrons. The molecule has 0 aliphatic rings. The molecule has 0 saturated carbocycles. The number of nitriles is 1. The summed E-state index contributed by atoms with van der Waals surface area (Å²) in [5, 5.41) is 17.8. The van der Waals surface area contributed by atoms with Crippen LogP contribution in [0.1, 0.15) is 5.56 Å². The number of nitrogens with zero attached hydrogens (tertiary/aromatic N) is 1. The zero-order valence-corrected chi connectivity index (χ0v) is 11.7. The molecule has 15 heavy (non-hydrogen) atoms. The highest BCUT2D eigenvalue weighted by atomic mass is 127. The number of hydrogen-bond donors (Lipinski definition) is 3. The van der Waals surface area contributed by atoms with Gasteiger partial charge in [-0.2, -0.15) is 5.26 Å². The molecule has 80 valence electrons. The Hall–Kier alpha value is -0.760. The van der Waals surface area contributed by atoms with Gasteiger partial charge < -0.3 is 16.6 Å². The van der Waals surface area contributed by atoms with Crippen LogP contribution in [0.2, 0.25) is 0 Å². The summed E-state index contributed by atoms with van der Waals surface area (Å²) >= 11 is 3.99.